The van der Waals surface area contributed by atoms with Crippen molar-refractivity contribution in [3.63, 3.8) is 0 Å². The second-order valence-corrected chi connectivity index (χ2v) is 2.99. The van der Waals surface area contributed by atoms with Gasteiger partial charge in [0, 0.05) is 37.2 Å². The van der Waals surface area contributed by atoms with Gasteiger partial charge in [0.1, 0.15) is 0 Å². The lowest BCUT2D eigenvalue weighted by molar-refractivity contribution is 0.713. The van der Waals surface area contributed by atoms with Crippen LogP contribution < -0.4 is 5.32 Å². The zero-order valence-electron chi connectivity index (χ0n) is 7.03. The van der Waals surface area contributed by atoms with Crippen LogP contribution in [0.4, 0.5) is 0 Å². The lowest BCUT2D eigenvalue weighted by Gasteiger charge is -2.01. The highest BCUT2D eigenvalue weighted by Crippen LogP contribution is 1.92. The molecule has 1 N–H and O–H groups in total. The highest BCUT2D eigenvalue weighted by atomic mass is 32.1. The van der Waals surface area contributed by atoms with E-state index in [0.29, 0.717) is 0 Å². The van der Waals surface area contributed by atoms with Gasteiger partial charge in [-0.25, -0.2) is 0 Å². The largest absolute Gasteiger partial charge is 0.316 e. The molecule has 0 aliphatic carbocycles. The van der Waals surface area contributed by atoms with E-state index in [4.69, 9.17) is 0 Å². The van der Waals surface area contributed by atoms with E-state index >= 15 is 0 Å². The van der Waals surface area contributed by atoms with Gasteiger partial charge in [-0.05, 0) is 12.1 Å². The molecule has 0 aliphatic rings. The van der Waals surface area contributed by atoms with Gasteiger partial charge in [0.2, 0.25) is 0 Å². The summed E-state index contributed by atoms with van der Waals surface area (Å²) in [6, 6.07) is 5.99. The van der Waals surface area contributed by atoms with Gasteiger partial charge >= 0.3 is 0 Å². The summed E-state index contributed by atoms with van der Waals surface area (Å²) in [5.41, 5.74) is 1.14. The Labute approximate surface area is 78.8 Å². The number of nitrogens with one attached hydrogen (secondary N) is 1. The topological polar surface area (TPSA) is 24.9 Å². The standard InChI is InChI=1S/C9H14N2S/c12-8-7-10-6-4-9-3-1-2-5-11-9/h1-3,5,10,12H,4,6-8H2. The second kappa shape index (κ2) is 6.03. The minimum absolute atomic E-state index is 0.891. The molecule has 0 atom stereocenters. The average Bonchev–Trinajstić information content (AvgIpc) is 2.14. The van der Waals surface area contributed by atoms with E-state index in [2.05, 4.69) is 22.9 Å². The Kier molecular flexibility index (Phi) is 4.80. The number of hydrogen-bond acceptors (Lipinski definition) is 3. The third-order valence-electron chi connectivity index (χ3n) is 1.57. The van der Waals surface area contributed by atoms with Gasteiger partial charge in [0.05, 0.1) is 0 Å². The molecule has 12 heavy (non-hydrogen) atoms. The van der Waals surface area contributed by atoms with Gasteiger partial charge < -0.3 is 5.32 Å². The van der Waals surface area contributed by atoms with E-state index in [9.17, 15) is 0 Å². The summed E-state index contributed by atoms with van der Waals surface area (Å²) in [5, 5.41) is 3.27. The summed E-state index contributed by atoms with van der Waals surface area (Å²) in [7, 11) is 0. The van der Waals surface area contributed by atoms with Crippen LogP contribution in [0.5, 0.6) is 0 Å². The summed E-state index contributed by atoms with van der Waals surface area (Å²) in [6.07, 6.45) is 2.82. The maximum absolute atomic E-state index is 4.22. The molecule has 0 saturated heterocycles. The van der Waals surface area contributed by atoms with Crippen molar-refractivity contribution in [3.8, 4) is 0 Å². The molecule has 0 radical (unpaired) electrons. The minimum atomic E-state index is 0.891. The van der Waals surface area contributed by atoms with Crippen LogP contribution in [0.2, 0.25) is 0 Å². The maximum atomic E-state index is 4.22. The number of rotatable bonds is 5. The SMILES string of the molecule is SCCNCCc1ccccn1. The van der Waals surface area contributed by atoms with Crippen LogP contribution in [-0.4, -0.2) is 23.8 Å². The smallest absolute Gasteiger partial charge is 0.0416 e. The van der Waals surface area contributed by atoms with E-state index in [1.54, 1.807) is 0 Å². The quantitative estimate of drug-likeness (QED) is 0.527. The predicted octanol–water partition coefficient (Wildman–Crippen LogP) is 1.14. The molecule has 0 amide bonds. The highest BCUT2D eigenvalue weighted by molar-refractivity contribution is 7.80. The van der Waals surface area contributed by atoms with E-state index < -0.39 is 0 Å². The molecular weight excluding hydrogens is 168 g/mol. The van der Waals surface area contributed by atoms with E-state index in [0.717, 1.165) is 31.0 Å². The summed E-state index contributed by atoms with van der Waals surface area (Å²) in [6.45, 7) is 1.95. The van der Waals surface area contributed by atoms with Gasteiger partial charge in [-0.1, -0.05) is 6.07 Å². The van der Waals surface area contributed by atoms with Crippen molar-refractivity contribution in [2.24, 2.45) is 0 Å². The fourth-order valence-electron chi connectivity index (χ4n) is 0.967. The van der Waals surface area contributed by atoms with Crippen molar-refractivity contribution in [2.75, 3.05) is 18.8 Å². The van der Waals surface area contributed by atoms with E-state index in [1.165, 1.54) is 0 Å². The molecule has 0 spiro atoms. The van der Waals surface area contributed by atoms with Crippen LogP contribution in [0.15, 0.2) is 24.4 Å². The Balaban J connectivity index is 2.16. The number of pyridine rings is 1. The van der Waals surface area contributed by atoms with Gasteiger partial charge in [0.25, 0.3) is 0 Å². The molecule has 0 fully saturated rings. The van der Waals surface area contributed by atoms with Crippen LogP contribution in [0.3, 0.4) is 0 Å². The first kappa shape index (κ1) is 9.55. The van der Waals surface area contributed by atoms with Crippen LogP contribution in [-0.2, 0) is 6.42 Å². The zero-order valence-corrected chi connectivity index (χ0v) is 7.93. The number of hydrogen-bond donors (Lipinski definition) is 2. The van der Waals surface area contributed by atoms with E-state index in [1.807, 2.05) is 24.4 Å². The Bertz CT molecular complexity index is 201. The molecule has 1 aromatic rings. The lowest BCUT2D eigenvalue weighted by Crippen LogP contribution is -2.19. The van der Waals surface area contributed by atoms with Crippen molar-refractivity contribution in [1.82, 2.24) is 10.3 Å². The molecule has 0 aliphatic heterocycles. The Morgan fingerprint density at radius 3 is 2.92 bits per heavy atom. The Morgan fingerprint density at radius 2 is 2.25 bits per heavy atom. The molecule has 0 bridgehead atoms. The van der Waals surface area contributed by atoms with Gasteiger partial charge in [-0.3, -0.25) is 4.98 Å². The number of thiol groups is 1. The van der Waals surface area contributed by atoms with Crippen LogP contribution >= 0.6 is 12.6 Å². The zero-order chi connectivity index (χ0) is 8.65. The first-order chi connectivity index (χ1) is 5.93. The Hall–Kier alpha value is -0.540. The molecule has 0 saturated carbocycles. The fraction of sp³-hybridized carbons (Fsp3) is 0.444. The molecule has 0 aromatic carbocycles. The van der Waals surface area contributed by atoms with Crippen molar-refractivity contribution >= 4 is 12.6 Å². The van der Waals surface area contributed by atoms with Crippen molar-refractivity contribution in [3.05, 3.63) is 30.1 Å². The molecule has 66 valence electrons. The van der Waals surface area contributed by atoms with Crippen molar-refractivity contribution in [1.29, 1.82) is 0 Å². The Morgan fingerprint density at radius 1 is 1.33 bits per heavy atom. The third-order valence-corrected chi connectivity index (χ3v) is 1.80. The average molecular weight is 182 g/mol. The summed E-state index contributed by atoms with van der Waals surface area (Å²) in [4.78, 5) is 4.22. The predicted molar refractivity (Wildman–Crippen MR) is 54.7 cm³/mol. The highest BCUT2D eigenvalue weighted by Gasteiger charge is 1.90. The van der Waals surface area contributed by atoms with Crippen molar-refractivity contribution < 1.29 is 0 Å². The van der Waals surface area contributed by atoms with Crippen LogP contribution in [0.25, 0.3) is 0 Å². The summed E-state index contributed by atoms with van der Waals surface area (Å²) in [5.74, 6) is 0.891. The molecule has 1 heterocycles. The minimum Gasteiger partial charge on any atom is -0.316 e. The van der Waals surface area contributed by atoms with E-state index in [-0.39, 0.29) is 0 Å². The molecule has 0 unspecified atom stereocenters. The lowest BCUT2D eigenvalue weighted by atomic mass is 10.3. The first-order valence-corrected chi connectivity index (χ1v) is 4.78. The van der Waals surface area contributed by atoms with Crippen LogP contribution in [0.1, 0.15) is 5.69 Å². The van der Waals surface area contributed by atoms with Gasteiger partial charge in [-0.2, -0.15) is 12.6 Å². The molecule has 1 rings (SSSR count). The molecule has 3 heteroatoms. The third kappa shape index (κ3) is 3.74. The number of aromatic nitrogens is 1. The maximum Gasteiger partial charge on any atom is 0.0416 e. The monoisotopic (exact) mass is 182 g/mol. The number of nitrogens with zero attached hydrogens (tertiary/aromatic N) is 1. The normalized spacial score (nSPS) is 10.1. The summed E-state index contributed by atoms with van der Waals surface area (Å²) < 4.78 is 0. The van der Waals surface area contributed by atoms with Gasteiger partial charge in [-0.15, -0.1) is 0 Å². The molecule has 2 nitrogen and oxygen atoms in total. The fourth-order valence-corrected chi connectivity index (χ4v) is 1.12. The molecular formula is C9H14N2S. The van der Waals surface area contributed by atoms with Crippen molar-refractivity contribution in [2.45, 2.75) is 6.42 Å². The first-order valence-electron chi connectivity index (χ1n) is 4.15. The molecule has 1 aromatic heterocycles. The summed E-state index contributed by atoms with van der Waals surface area (Å²) >= 11 is 4.10. The van der Waals surface area contributed by atoms with Crippen LogP contribution in [0, 0.1) is 0 Å². The second-order valence-electron chi connectivity index (χ2n) is 2.54. The van der Waals surface area contributed by atoms with Gasteiger partial charge in [0.15, 0.2) is 0 Å².